The van der Waals surface area contributed by atoms with Gasteiger partial charge in [0, 0.05) is 24.7 Å². The molecule has 2 aromatic carbocycles. The van der Waals surface area contributed by atoms with Crippen LogP contribution in [-0.4, -0.2) is 62.9 Å². The van der Waals surface area contributed by atoms with Crippen LogP contribution in [0, 0.1) is 5.92 Å². The fraction of sp³-hybridized carbons (Fsp3) is 0.367. The molecule has 0 fully saturated rings. The lowest BCUT2D eigenvalue weighted by Gasteiger charge is -2.26. The standard InChI is InChI=1S/C30H38N6O5/c1-3-19(2)26(30(40)41)36-29(39)24(15-21-12-8-5-9-13-21)35-28(38)25(16-22-17-32-18-33-22)34-27(37)23(31)14-20-10-6-4-7-11-20/h4-13,17-19,23-26H,3,14-16,31H2,1-2H3,(H,32,33)(H,34,37)(H,35,38)(H,36,39)(H,40,41). The highest BCUT2D eigenvalue weighted by molar-refractivity contribution is 5.94. The van der Waals surface area contributed by atoms with E-state index in [4.69, 9.17) is 5.73 Å². The van der Waals surface area contributed by atoms with Gasteiger partial charge in [-0.1, -0.05) is 80.9 Å². The summed E-state index contributed by atoms with van der Waals surface area (Å²) in [6, 6.07) is 14.1. The van der Waals surface area contributed by atoms with E-state index in [-0.39, 0.29) is 25.2 Å². The third-order valence-corrected chi connectivity index (χ3v) is 6.94. The van der Waals surface area contributed by atoms with Gasteiger partial charge in [-0.25, -0.2) is 9.78 Å². The second kappa shape index (κ2) is 15.3. The van der Waals surface area contributed by atoms with Crippen molar-refractivity contribution in [2.45, 2.75) is 63.7 Å². The van der Waals surface area contributed by atoms with Gasteiger partial charge in [-0.05, 0) is 23.5 Å². The molecule has 3 aromatic rings. The van der Waals surface area contributed by atoms with Crippen LogP contribution in [0.3, 0.4) is 0 Å². The number of rotatable bonds is 15. The molecule has 218 valence electrons. The third kappa shape index (κ3) is 9.57. The summed E-state index contributed by atoms with van der Waals surface area (Å²) in [6.45, 7) is 3.57. The molecule has 1 aromatic heterocycles. The minimum Gasteiger partial charge on any atom is -0.480 e. The van der Waals surface area contributed by atoms with Gasteiger partial charge < -0.3 is 31.8 Å². The van der Waals surface area contributed by atoms with Gasteiger partial charge in [0.1, 0.15) is 18.1 Å². The molecule has 7 N–H and O–H groups in total. The number of carboxylic acid groups (broad SMARTS) is 1. The monoisotopic (exact) mass is 562 g/mol. The van der Waals surface area contributed by atoms with Gasteiger partial charge in [-0.2, -0.15) is 0 Å². The Hall–Kier alpha value is -4.51. The van der Waals surface area contributed by atoms with E-state index >= 15 is 0 Å². The molecule has 0 radical (unpaired) electrons. The van der Waals surface area contributed by atoms with Crippen molar-refractivity contribution in [3.8, 4) is 0 Å². The Morgan fingerprint density at radius 2 is 1.37 bits per heavy atom. The van der Waals surface area contributed by atoms with E-state index in [0.29, 0.717) is 12.1 Å². The van der Waals surface area contributed by atoms with Crippen LogP contribution >= 0.6 is 0 Å². The van der Waals surface area contributed by atoms with Crippen LogP contribution in [0.2, 0.25) is 0 Å². The Morgan fingerprint density at radius 1 is 0.829 bits per heavy atom. The molecule has 3 rings (SSSR count). The van der Waals surface area contributed by atoms with Crippen LogP contribution < -0.4 is 21.7 Å². The van der Waals surface area contributed by atoms with Gasteiger partial charge in [0.2, 0.25) is 17.7 Å². The minimum absolute atomic E-state index is 0.0694. The Balaban J connectivity index is 1.80. The first kappa shape index (κ1) is 31.0. The summed E-state index contributed by atoms with van der Waals surface area (Å²) in [7, 11) is 0. The number of imidazole rings is 1. The highest BCUT2D eigenvalue weighted by atomic mass is 16.4. The maximum absolute atomic E-state index is 13.6. The molecule has 0 saturated carbocycles. The maximum atomic E-state index is 13.6. The normalized spacial score (nSPS) is 14.6. The molecule has 0 bridgehead atoms. The van der Waals surface area contributed by atoms with E-state index in [1.54, 1.807) is 19.1 Å². The van der Waals surface area contributed by atoms with E-state index in [1.165, 1.54) is 12.5 Å². The van der Waals surface area contributed by atoms with Crippen molar-refractivity contribution in [2.24, 2.45) is 11.7 Å². The van der Waals surface area contributed by atoms with Crippen molar-refractivity contribution in [1.29, 1.82) is 0 Å². The summed E-state index contributed by atoms with van der Waals surface area (Å²) in [5, 5.41) is 17.7. The van der Waals surface area contributed by atoms with Crippen LogP contribution in [-0.2, 0) is 38.4 Å². The summed E-state index contributed by atoms with van der Waals surface area (Å²) in [5.41, 5.74) is 8.40. The van der Waals surface area contributed by atoms with Crippen LogP contribution in [0.4, 0.5) is 0 Å². The molecule has 11 heteroatoms. The van der Waals surface area contributed by atoms with E-state index < -0.39 is 47.9 Å². The highest BCUT2D eigenvalue weighted by Crippen LogP contribution is 2.11. The third-order valence-electron chi connectivity index (χ3n) is 6.94. The van der Waals surface area contributed by atoms with E-state index in [0.717, 1.165) is 11.1 Å². The largest absolute Gasteiger partial charge is 0.480 e. The van der Waals surface area contributed by atoms with Crippen molar-refractivity contribution in [3.63, 3.8) is 0 Å². The first-order chi connectivity index (χ1) is 19.7. The Morgan fingerprint density at radius 3 is 1.90 bits per heavy atom. The van der Waals surface area contributed by atoms with Gasteiger partial charge in [0.05, 0.1) is 12.4 Å². The van der Waals surface area contributed by atoms with Gasteiger partial charge >= 0.3 is 5.97 Å². The number of hydrogen-bond acceptors (Lipinski definition) is 6. The summed E-state index contributed by atoms with van der Waals surface area (Å²) in [6.07, 6.45) is 3.99. The van der Waals surface area contributed by atoms with Crippen molar-refractivity contribution in [3.05, 3.63) is 90.0 Å². The van der Waals surface area contributed by atoms with Crippen LogP contribution in [0.1, 0.15) is 37.1 Å². The molecule has 0 spiro atoms. The Bertz CT molecular complexity index is 1270. The first-order valence-corrected chi connectivity index (χ1v) is 13.6. The summed E-state index contributed by atoms with van der Waals surface area (Å²) < 4.78 is 0. The number of hydrogen-bond donors (Lipinski definition) is 6. The molecule has 3 amide bonds. The van der Waals surface area contributed by atoms with Gasteiger partial charge in [-0.15, -0.1) is 0 Å². The zero-order chi connectivity index (χ0) is 29.8. The average molecular weight is 563 g/mol. The predicted octanol–water partition coefficient (Wildman–Crippen LogP) is 1.35. The van der Waals surface area contributed by atoms with Crippen LogP contribution in [0.15, 0.2) is 73.2 Å². The van der Waals surface area contributed by atoms with Crippen molar-refractivity contribution >= 4 is 23.7 Å². The number of nitrogens with one attached hydrogen (secondary N) is 4. The number of benzene rings is 2. The van der Waals surface area contributed by atoms with Gasteiger partial charge in [0.15, 0.2) is 0 Å². The molecule has 5 atom stereocenters. The van der Waals surface area contributed by atoms with Crippen molar-refractivity contribution < 1.29 is 24.3 Å². The molecule has 0 aliphatic carbocycles. The zero-order valence-corrected chi connectivity index (χ0v) is 23.2. The smallest absolute Gasteiger partial charge is 0.326 e. The zero-order valence-electron chi connectivity index (χ0n) is 23.2. The lowest BCUT2D eigenvalue weighted by molar-refractivity contribution is -0.143. The van der Waals surface area contributed by atoms with E-state index in [1.807, 2.05) is 55.5 Å². The molecule has 0 aliphatic heterocycles. The summed E-state index contributed by atoms with van der Waals surface area (Å²) in [4.78, 5) is 58.8. The number of carboxylic acids is 1. The lowest BCUT2D eigenvalue weighted by Crippen LogP contribution is -2.58. The number of aliphatic carboxylic acids is 1. The molecular weight excluding hydrogens is 524 g/mol. The summed E-state index contributed by atoms with van der Waals surface area (Å²) in [5.74, 6) is -3.27. The highest BCUT2D eigenvalue weighted by Gasteiger charge is 2.32. The molecular formula is C30H38N6O5. The number of H-pyrrole nitrogens is 1. The van der Waals surface area contributed by atoms with Crippen molar-refractivity contribution in [2.75, 3.05) is 0 Å². The molecule has 11 nitrogen and oxygen atoms in total. The van der Waals surface area contributed by atoms with Crippen LogP contribution in [0.25, 0.3) is 0 Å². The van der Waals surface area contributed by atoms with Crippen molar-refractivity contribution in [1.82, 2.24) is 25.9 Å². The van der Waals surface area contributed by atoms with Gasteiger partial charge in [-0.3, -0.25) is 14.4 Å². The van der Waals surface area contributed by atoms with E-state index in [2.05, 4.69) is 25.9 Å². The van der Waals surface area contributed by atoms with Crippen LogP contribution in [0.5, 0.6) is 0 Å². The number of aromatic amines is 1. The second-order valence-corrected chi connectivity index (χ2v) is 10.1. The predicted molar refractivity (Wildman–Crippen MR) is 153 cm³/mol. The number of carbonyl (C=O) groups is 4. The molecule has 1 heterocycles. The SMILES string of the molecule is CCC(C)C(NC(=O)C(Cc1ccccc1)NC(=O)C(Cc1cnc[nH]1)NC(=O)C(N)Cc1ccccc1)C(=O)O. The van der Waals surface area contributed by atoms with E-state index in [9.17, 15) is 24.3 Å². The minimum atomic E-state index is -1.16. The average Bonchev–Trinajstić information content (AvgIpc) is 3.48. The number of aromatic nitrogens is 2. The van der Waals surface area contributed by atoms with Gasteiger partial charge in [0.25, 0.3) is 0 Å². The number of carbonyl (C=O) groups excluding carboxylic acids is 3. The Kier molecular flexibility index (Phi) is 11.6. The molecule has 0 aliphatic rings. The quantitative estimate of drug-likeness (QED) is 0.162. The molecule has 5 unspecified atom stereocenters. The summed E-state index contributed by atoms with van der Waals surface area (Å²) >= 11 is 0. The number of nitrogens with two attached hydrogens (primary N) is 1. The molecule has 0 saturated heterocycles. The lowest BCUT2D eigenvalue weighted by atomic mass is 9.98. The number of amides is 3. The second-order valence-electron chi connectivity index (χ2n) is 10.1. The molecule has 41 heavy (non-hydrogen) atoms. The maximum Gasteiger partial charge on any atom is 0.326 e. The topological polar surface area (TPSA) is 179 Å². The Labute approximate surface area is 239 Å². The first-order valence-electron chi connectivity index (χ1n) is 13.6. The number of nitrogens with zero attached hydrogens (tertiary/aromatic N) is 1. The fourth-order valence-electron chi connectivity index (χ4n) is 4.33. The fourth-order valence-corrected chi connectivity index (χ4v) is 4.33.